The van der Waals surface area contributed by atoms with Crippen LogP contribution in [0, 0.1) is 10.1 Å². The predicted octanol–water partition coefficient (Wildman–Crippen LogP) is 2.35. The van der Waals surface area contributed by atoms with Gasteiger partial charge >= 0.3 is 6.03 Å². The van der Waals surface area contributed by atoms with Crippen LogP contribution in [0.4, 0.5) is 4.79 Å². The lowest BCUT2D eigenvalue weighted by Gasteiger charge is -2.24. The predicted molar refractivity (Wildman–Crippen MR) is 82.9 cm³/mol. The number of amides is 2. The summed E-state index contributed by atoms with van der Waals surface area (Å²) in [5.41, 5.74) is 0.662. The fourth-order valence-corrected chi connectivity index (χ4v) is 2.36. The molecule has 0 saturated heterocycles. The van der Waals surface area contributed by atoms with Crippen molar-refractivity contribution in [3.05, 3.63) is 45.3 Å². The molecule has 1 aliphatic rings. The number of allylic oxidation sites excluding steroid dienone is 1. The van der Waals surface area contributed by atoms with Crippen molar-refractivity contribution in [1.29, 1.82) is 0 Å². The number of urea groups is 1. The topological polar surface area (TPSA) is 103 Å². The van der Waals surface area contributed by atoms with Gasteiger partial charge in [0.2, 0.25) is 0 Å². The summed E-state index contributed by atoms with van der Waals surface area (Å²) in [5, 5.41) is 16.3. The lowest BCUT2D eigenvalue weighted by molar-refractivity contribution is -0.432. The Bertz CT molecular complexity index is 657. The van der Waals surface area contributed by atoms with Crippen molar-refractivity contribution in [3.63, 3.8) is 0 Å². The number of rotatable bonds is 6. The molecule has 0 spiro atoms. The molecule has 1 aliphatic heterocycles. The van der Waals surface area contributed by atoms with Gasteiger partial charge in [-0.1, -0.05) is 13.0 Å². The number of nitrogens with zero attached hydrogens (tertiary/aromatic N) is 1. The van der Waals surface area contributed by atoms with E-state index < -0.39 is 17.0 Å². The minimum Gasteiger partial charge on any atom is -0.493 e. The molecule has 8 heteroatoms. The molecular formula is C15H19N3O5. The molecule has 0 bridgehead atoms. The number of carbonyl (C=O) groups is 1. The van der Waals surface area contributed by atoms with Crippen LogP contribution in [0.15, 0.2) is 29.6 Å². The van der Waals surface area contributed by atoms with E-state index in [1.165, 1.54) is 14.0 Å². The molecule has 2 amide bonds. The van der Waals surface area contributed by atoms with Crippen LogP contribution in [0.1, 0.15) is 31.9 Å². The molecule has 124 valence electrons. The average Bonchev–Trinajstić information content (AvgIpc) is 2.51. The number of nitrogens with one attached hydrogen (secondary N) is 2. The Morgan fingerprint density at radius 1 is 1.35 bits per heavy atom. The van der Waals surface area contributed by atoms with Gasteiger partial charge in [0.1, 0.15) is 6.04 Å². The largest absolute Gasteiger partial charge is 0.493 e. The summed E-state index contributed by atoms with van der Waals surface area (Å²) in [5.74, 6) is 1.02. The van der Waals surface area contributed by atoms with Gasteiger partial charge in [-0.3, -0.25) is 10.1 Å². The maximum Gasteiger partial charge on any atom is 0.320 e. The average molecular weight is 321 g/mol. The molecule has 1 heterocycles. The molecular weight excluding hydrogens is 302 g/mol. The van der Waals surface area contributed by atoms with Crippen molar-refractivity contribution in [2.24, 2.45) is 0 Å². The van der Waals surface area contributed by atoms with Gasteiger partial charge in [0.15, 0.2) is 11.5 Å². The zero-order valence-electron chi connectivity index (χ0n) is 13.2. The van der Waals surface area contributed by atoms with Crippen molar-refractivity contribution in [3.8, 4) is 11.5 Å². The van der Waals surface area contributed by atoms with Crippen molar-refractivity contribution in [2.45, 2.75) is 26.3 Å². The second-order valence-corrected chi connectivity index (χ2v) is 5.06. The van der Waals surface area contributed by atoms with Gasteiger partial charge in [-0.2, -0.15) is 0 Å². The molecule has 0 unspecified atom stereocenters. The smallest absolute Gasteiger partial charge is 0.320 e. The number of carbonyl (C=O) groups excluding carboxylic acids is 1. The first-order chi connectivity index (χ1) is 11.0. The number of ether oxygens (including phenoxy) is 2. The summed E-state index contributed by atoms with van der Waals surface area (Å²) in [6.07, 6.45) is 0.850. The number of methoxy groups -OCH3 is 1. The Kier molecular flexibility index (Phi) is 5.05. The summed E-state index contributed by atoms with van der Waals surface area (Å²) in [4.78, 5) is 22.5. The van der Waals surface area contributed by atoms with Crippen LogP contribution in [0.2, 0.25) is 0 Å². The molecule has 0 fully saturated rings. The quantitative estimate of drug-likeness (QED) is 0.618. The molecule has 0 aliphatic carbocycles. The lowest BCUT2D eigenvalue weighted by Crippen LogP contribution is -2.45. The molecule has 1 atom stereocenters. The van der Waals surface area contributed by atoms with Crippen LogP contribution in [0.3, 0.4) is 0 Å². The highest BCUT2D eigenvalue weighted by Crippen LogP contribution is 2.34. The van der Waals surface area contributed by atoms with Gasteiger partial charge in [-0.15, -0.1) is 0 Å². The third kappa shape index (κ3) is 3.53. The first-order valence-corrected chi connectivity index (χ1v) is 7.21. The summed E-state index contributed by atoms with van der Waals surface area (Å²) >= 11 is 0. The monoisotopic (exact) mass is 321 g/mol. The van der Waals surface area contributed by atoms with E-state index in [0.29, 0.717) is 23.7 Å². The Labute approximate surface area is 133 Å². The van der Waals surface area contributed by atoms with Gasteiger partial charge in [0.25, 0.3) is 5.70 Å². The second kappa shape index (κ2) is 6.99. The third-order valence-corrected chi connectivity index (χ3v) is 3.41. The highest BCUT2D eigenvalue weighted by Gasteiger charge is 2.35. The maximum atomic E-state index is 11.7. The maximum absolute atomic E-state index is 11.7. The van der Waals surface area contributed by atoms with E-state index in [2.05, 4.69) is 10.6 Å². The van der Waals surface area contributed by atoms with E-state index >= 15 is 0 Å². The standard InChI is InChI=1S/C15H19N3O5/c1-4-7-23-11-6-5-10(8-12(11)22-3)13-14(18(20)21)9(2)16-15(19)17-13/h5-6,8,13H,4,7H2,1-3H3,(H2,16,17,19)/t13-/m1/s1. The lowest BCUT2D eigenvalue weighted by atomic mass is 10.0. The highest BCUT2D eigenvalue weighted by molar-refractivity contribution is 5.78. The Hall–Kier alpha value is -2.77. The molecule has 0 aromatic heterocycles. The van der Waals surface area contributed by atoms with Crippen molar-refractivity contribution >= 4 is 6.03 Å². The zero-order valence-corrected chi connectivity index (χ0v) is 13.2. The summed E-state index contributed by atoms with van der Waals surface area (Å²) in [6, 6.07) is 3.67. The third-order valence-electron chi connectivity index (χ3n) is 3.41. The van der Waals surface area contributed by atoms with Gasteiger partial charge in [0, 0.05) is 0 Å². The van der Waals surface area contributed by atoms with Crippen LogP contribution >= 0.6 is 0 Å². The van der Waals surface area contributed by atoms with Crippen molar-refractivity contribution in [2.75, 3.05) is 13.7 Å². The minimum atomic E-state index is -0.854. The highest BCUT2D eigenvalue weighted by atomic mass is 16.6. The number of hydrogen-bond acceptors (Lipinski definition) is 5. The molecule has 1 aromatic carbocycles. The van der Waals surface area contributed by atoms with E-state index in [4.69, 9.17) is 9.47 Å². The van der Waals surface area contributed by atoms with Crippen LogP contribution in [-0.2, 0) is 0 Å². The minimum absolute atomic E-state index is 0.103. The fraction of sp³-hybridized carbons (Fsp3) is 0.400. The summed E-state index contributed by atoms with van der Waals surface area (Å²) in [6.45, 7) is 4.03. The SMILES string of the molecule is CCCOc1ccc([C@H]2NC(=O)NC(C)=C2[N+](=O)[O-])cc1OC. The summed E-state index contributed by atoms with van der Waals surface area (Å²) in [7, 11) is 1.49. The Morgan fingerprint density at radius 3 is 2.70 bits per heavy atom. The number of benzene rings is 1. The second-order valence-electron chi connectivity index (χ2n) is 5.06. The van der Waals surface area contributed by atoms with Gasteiger partial charge in [0.05, 0.1) is 24.3 Å². The fourth-order valence-electron chi connectivity index (χ4n) is 2.36. The van der Waals surface area contributed by atoms with E-state index in [9.17, 15) is 14.9 Å². The van der Waals surface area contributed by atoms with E-state index in [-0.39, 0.29) is 11.4 Å². The number of hydrogen-bond donors (Lipinski definition) is 2. The molecule has 0 radical (unpaired) electrons. The van der Waals surface area contributed by atoms with Crippen LogP contribution in [0.25, 0.3) is 0 Å². The van der Waals surface area contributed by atoms with Crippen LogP contribution in [-0.4, -0.2) is 24.7 Å². The summed E-state index contributed by atoms with van der Waals surface area (Å²) < 4.78 is 10.8. The van der Waals surface area contributed by atoms with Crippen molar-refractivity contribution < 1.29 is 19.2 Å². The van der Waals surface area contributed by atoms with Gasteiger partial charge < -0.3 is 20.1 Å². The normalized spacial score (nSPS) is 17.3. The molecule has 1 aromatic rings. The van der Waals surface area contributed by atoms with Crippen LogP contribution in [0.5, 0.6) is 11.5 Å². The van der Waals surface area contributed by atoms with Crippen LogP contribution < -0.4 is 20.1 Å². The van der Waals surface area contributed by atoms with E-state index in [1.54, 1.807) is 18.2 Å². The Morgan fingerprint density at radius 2 is 2.09 bits per heavy atom. The molecule has 2 rings (SSSR count). The number of nitro groups is 1. The molecule has 23 heavy (non-hydrogen) atoms. The van der Waals surface area contributed by atoms with Gasteiger partial charge in [-0.25, -0.2) is 4.79 Å². The first kappa shape index (κ1) is 16.6. The van der Waals surface area contributed by atoms with Crippen molar-refractivity contribution in [1.82, 2.24) is 10.6 Å². The Balaban J connectivity index is 2.41. The first-order valence-electron chi connectivity index (χ1n) is 7.21. The zero-order chi connectivity index (χ0) is 17.0. The molecule has 0 saturated carbocycles. The van der Waals surface area contributed by atoms with E-state index in [0.717, 1.165) is 6.42 Å². The van der Waals surface area contributed by atoms with Gasteiger partial charge in [-0.05, 0) is 31.0 Å². The molecule has 2 N–H and O–H groups in total. The molecule has 8 nitrogen and oxygen atoms in total. The van der Waals surface area contributed by atoms with E-state index in [1.807, 2.05) is 6.92 Å².